The second kappa shape index (κ2) is 5.82. The van der Waals surface area contributed by atoms with Gasteiger partial charge in [0.15, 0.2) is 0 Å². The average Bonchev–Trinajstić information content (AvgIpc) is 3.18. The van der Waals surface area contributed by atoms with Crippen LogP contribution in [0, 0.1) is 0 Å². The van der Waals surface area contributed by atoms with Gasteiger partial charge in [0.2, 0.25) is 0 Å². The molecule has 0 spiro atoms. The molecule has 92 valence electrons. The minimum atomic E-state index is -0.160. The number of carbonyl (C=O) groups excluding carboxylic acids is 1. The van der Waals surface area contributed by atoms with E-state index in [1.54, 1.807) is 0 Å². The number of hydrogen-bond acceptors (Lipinski definition) is 3. The summed E-state index contributed by atoms with van der Waals surface area (Å²) in [5.74, 6) is -0.146. The van der Waals surface area contributed by atoms with Gasteiger partial charge in [0.05, 0.1) is 7.11 Å². The van der Waals surface area contributed by atoms with Crippen molar-refractivity contribution >= 4 is 5.97 Å². The van der Waals surface area contributed by atoms with E-state index in [0.717, 1.165) is 12.8 Å². The molecule has 0 aliphatic heterocycles. The number of benzene rings is 1. The highest BCUT2D eigenvalue weighted by atomic mass is 16.5. The second-order valence-corrected chi connectivity index (χ2v) is 4.54. The molecule has 1 aliphatic rings. The van der Waals surface area contributed by atoms with Gasteiger partial charge in [0.1, 0.15) is 6.04 Å². The van der Waals surface area contributed by atoms with Crippen molar-refractivity contribution in [2.24, 2.45) is 0 Å². The van der Waals surface area contributed by atoms with Gasteiger partial charge in [0, 0.05) is 6.04 Å². The Morgan fingerprint density at radius 2 is 2.12 bits per heavy atom. The number of carbonyl (C=O) groups is 1. The highest BCUT2D eigenvalue weighted by Gasteiger charge is 2.28. The molecule has 1 atom stereocenters. The third kappa shape index (κ3) is 3.86. The normalized spacial score (nSPS) is 16.5. The fourth-order valence-corrected chi connectivity index (χ4v) is 1.90. The first-order valence-electron chi connectivity index (χ1n) is 6.17. The summed E-state index contributed by atoms with van der Waals surface area (Å²) >= 11 is 0. The Balaban J connectivity index is 1.86. The van der Waals surface area contributed by atoms with Crippen molar-refractivity contribution in [2.45, 2.75) is 37.8 Å². The molecular weight excluding hydrogens is 214 g/mol. The molecule has 0 amide bonds. The van der Waals surface area contributed by atoms with E-state index < -0.39 is 0 Å². The van der Waals surface area contributed by atoms with Crippen LogP contribution in [0.5, 0.6) is 0 Å². The second-order valence-electron chi connectivity index (χ2n) is 4.54. The summed E-state index contributed by atoms with van der Waals surface area (Å²) in [7, 11) is 1.45. The molecule has 1 aromatic rings. The van der Waals surface area contributed by atoms with Crippen molar-refractivity contribution in [3.8, 4) is 0 Å². The lowest BCUT2D eigenvalue weighted by atomic mass is 10.1. The molecular formula is C14H19NO2. The minimum absolute atomic E-state index is 0.146. The van der Waals surface area contributed by atoms with Gasteiger partial charge in [0.25, 0.3) is 0 Å². The van der Waals surface area contributed by atoms with E-state index in [1.807, 2.05) is 18.2 Å². The predicted octanol–water partition coefficient (Wildman–Crippen LogP) is 1.91. The topological polar surface area (TPSA) is 38.3 Å². The molecule has 1 fully saturated rings. The van der Waals surface area contributed by atoms with Crippen molar-refractivity contribution in [3.63, 3.8) is 0 Å². The highest BCUT2D eigenvalue weighted by Crippen LogP contribution is 2.20. The molecule has 3 nitrogen and oxygen atoms in total. The third-order valence-corrected chi connectivity index (χ3v) is 3.06. The number of methoxy groups -OCH3 is 1. The molecule has 0 saturated heterocycles. The standard InChI is InChI=1S/C14H19NO2/c1-17-14(16)13(15-12-8-9-12)10-7-11-5-3-2-4-6-11/h2-6,12-13,15H,7-10H2,1H3. The van der Waals surface area contributed by atoms with Crippen LogP contribution >= 0.6 is 0 Å². The maximum absolute atomic E-state index is 11.6. The van der Waals surface area contributed by atoms with Crippen LogP contribution in [0.1, 0.15) is 24.8 Å². The highest BCUT2D eigenvalue weighted by molar-refractivity contribution is 5.75. The maximum Gasteiger partial charge on any atom is 0.322 e. The lowest BCUT2D eigenvalue weighted by Crippen LogP contribution is -2.39. The molecule has 1 aliphatic carbocycles. The summed E-state index contributed by atoms with van der Waals surface area (Å²) in [6.07, 6.45) is 4.06. The van der Waals surface area contributed by atoms with E-state index in [4.69, 9.17) is 4.74 Å². The maximum atomic E-state index is 11.6. The van der Waals surface area contributed by atoms with E-state index in [2.05, 4.69) is 17.4 Å². The minimum Gasteiger partial charge on any atom is -0.468 e. The monoisotopic (exact) mass is 233 g/mol. The van der Waals surface area contributed by atoms with Crippen molar-refractivity contribution < 1.29 is 9.53 Å². The zero-order valence-electron chi connectivity index (χ0n) is 10.2. The Bertz CT molecular complexity index is 360. The Morgan fingerprint density at radius 1 is 1.41 bits per heavy atom. The summed E-state index contributed by atoms with van der Waals surface area (Å²) < 4.78 is 4.83. The zero-order valence-corrected chi connectivity index (χ0v) is 10.2. The average molecular weight is 233 g/mol. The number of ether oxygens (including phenoxy) is 1. The molecule has 0 radical (unpaired) electrons. The summed E-state index contributed by atoms with van der Waals surface area (Å²) in [5.41, 5.74) is 1.26. The van der Waals surface area contributed by atoms with E-state index in [9.17, 15) is 4.79 Å². The predicted molar refractivity (Wildman–Crippen MR) is 66.7 cm³/mol. The SMILES string of the molecule is COC(=O)C(CCc1ccccc1)NC1CC1. The lowest BCUT2D eigenvalue weighted by molar-refractivity contribution is -0.143. The lowest BCUT2D eigenvalue weighted by Gasteiger charge is -2.15. The van der Waals surface area contributed by atoms with Crippen LogP contribution < -0.4 is 5.32 Å². The van der Waals surface area contributed by atoms with E-state index >= 15 is 0 Å². The summed E-state index contributed by atoms with van der Waals surface area (Å²) in [4.78, 5) is 11.6. The van der Waals surface area contributed by atoms with Gasteiger partial charge in [-0.15, -0.1) is 0 Å². The molecule has 0 aromatic heterocycles. The van der Waals surface area contributed by atoms with Crippen molar-refractivity contribution in [3.05, 3.63) is 35.9 Å². The fraction of sp³-hybridized carbons (Fsp3) is 0.500. The third-order valence-electron chi connectivity index (χ3n) is 3.06. The van der Waals surface area contributed by atoms with Crippen LogP contribution in [-0.4, -0.2) is 25.2 Å². The fourth-order valence-electron chi connectivity index (χ4n) is 1.90. The van der Waals surface area contributed by atoms with Crippen molar-refractivity contribution in [1.29, 1.82) is 0 Å². The zero-order chi connectivity index (χ0) is 12.1. The Labute approximate surface area is 102 Å². The van der Waals surface area contributed by atoms with E-state index in [1.165, 1.54) is 25.5 Å². The Hall–Kier alpha value is -1.35. The molecule has 1 N–H and O–H groups in total. The van der Waals surface area contributed by atoms with Crippen LogP contribution in [0.3, 0.4) is 0 Å². The molecule has 2 rings (SSSR count). The first kappa shape index (κ1) is 12.1. The smallest absolute Gasteiger partial charge is 0.322 e. The molecule has 1 aromatic carbocycles. The van der Waals surface area contributed by atoms with Gasteiger partial charge in [-0.2, -0.15) is 0 Å². The Kier molecular flexibility index (Phi) is 4.15. The first-order chi connectivity index (χ1) is 8.29. The molecule has 1 unspecified atom stereocenters. The number of nitrogens with one attached hydrogen (secondary N) is 1. The van der Waals surface area contributed by atoms with Gasteiger partial charge in [-0.25, -0.2) is 0 Å². The number of hydrogen-bond donors (Lipinski definition) is 1. The van der Waals surface area contributed by atoms with Crippen molar-refractivity contribution in [2.75, 3.05) is 7.11 Å². The summed E-state index contributed by atoms with van der Waals surface area (Å²) in [6, 6.07) is 10.6. The van der Waals surface area contributed by atoms with Crippen LogP contribution in [0.25, 0.3) is 0 Å². The van der Waals surface area contributed by atoms with Gasteiger partial charge in [-0.05, 0) is 31.2 Å². The molecule has 1 saturated carbocycles. The van der Waals surface area contributed by atoms with Crippen molar-refractivity contribution in [1.82, 2.24) is 5.32 Å². The van der Waals surface area contributed by atoms with Gasteiger partial charge < -0.3 is 10.1 Å². The van der Waals surface area contributed by atoms with Gasteiger partial charge >= 0.3 is 5.97 Å². The molecule has 3 heteroatoms. The Morgan fingerprint density at radius 3 is 2.71 bits per heavy atom. The molecule has 17 heavy (non-hydrogen) atoms. The van der Waals surface area contributed by atoms with Gasteiger partial charge in [-0.3, -0.25) is 4.79 Å². The van der Waals surface area contributed by atoms with E-state index in [-0.39, 0.29) is 12.0 Å². The number of rotatable bonds is 6. The van der Waals surface area contributed by atoms with Gasteiger partial charge in [-0.1, -0.05) is 30.3 Å². The van der Waals surface area contributed by atoms with Crippen LogP contribution in [0.2, 0.25) is 0 Å². The molecule has 0 bridgehead atoms. The van der Waals surface area contributed by atoms with Crippen LogP contribution in [0.4, 0.5) is 0 Å². The summed E-state index contributed by atoms with van der Waals surface area (Å²) in [5, 5.41) is 3.34. The number of aryl methyl sites for hydroxylation is 1. The largest absolute Gasteiger partial charge is 0.468 e. The first-order valence-corrected chi connectivity index (χ1v) is 6.17. The summed E-state index contributed by atoms with van der Waals surface area (Å²) in [6.45, 7) is 0. The quantitative estimate of drug-likeness (QED) is 0.763. The number of esters is 1. The van der Waals surface area contributed by atoms with Crippen LogP contribution in [-0.2, 0) is 16.0 Å². The molecule has 0 heterocycles. The van der Waals surface area contributed by atoms with E-state index in [0.29, 0.717) is 6.04 Å². The van der Waals surface area contributed by atoms with Crippen LogP contribution in [0.15, 0.2) is 30.3 Å².